The lowest BCUT2D eigenvalue weighted by Gasteiger charge is -2.14. The van der Waals surface area contributed by atoms with Gasteiger partial charge in [0.2, 0.25) is 0 Å². The van der Waals surface area contributed by atoms with Crippen LogP contribution in [0.25, 0.3) is 0 Å². The summed E-state index contributed by atoms with van der Waals surface area (Å²) in [6, 6.07) is 0. The molecule has 0 heterocycles. The molecule has 0 aliphatic carbocycles. The molecule has 0 bridgehead atoms. The summed E-state index contributed by atoms with van der Waals surface area (Å²) in [4.78, 5) is 0. The van der Waals surface area contributed by atoms with Gasteiger partial charge in [-0.2, -0.15) is 0 Å². The van der Waals surface area contributed by atoms with Crippen LogP contribution in [0.2, 0.25) is 0 Å². The average Bonchev–Trinajstić information content (AvgIpc) is 2.16. The third-order valence-corrected chi connectivity index (χ3v) is 2.45. The van der Waals surface area contributed by atoms with Crippen molar-refractivity contribution >= 4 is 0 Å². The normalized spacial score (nSPS) is 12.6. The Morgan fingerprint density at radius 3 is 2.13 bits per heavy atom. The van der Waals surface area contributed by atoms with E-state index in [1.807, 2.05) is 6.08 Å². The predicted octanol–water partition coefficient (Wildman–Crippen LogP) is 5.20. The maximum absolute atomic E-state index is 3.76. The summed E-state index contributed by atoms with van der Waals surface area (Å²) in [5, 5.41) is 0. The molecule has 0 atom stereocenters. The van der Waals surface area contributed by atoms with Crippen LogP contribution in [-0.4, -0.2) is 0 Å². The van der Waals surface area contributed by atoms with Crippen molar-refractivity contribution in [3.05, 3.63) is 47.1 Å². The minimum absolute atomic E-state index is 1.15. The Hall–Kier alpha value is -1.04. The Morgan fingerprint density at radius 1 is 1.20 bits per heavy atom. The van der Waals surface area contributed by atoms with Crippen LogP contribution in [0.15, 0.2) is 47.1 Å². The third kappa shape index (κ3) is 4.33. The Labute approximate surface area is 95.1 Å². The van der Waals surface area contributed by atoms with Gasteiger partial charge in [-0.3, -0.25) is 0 Å². The second-order valence-electron chi connectivity index (χ2n) is 4.02. The van der Waals surface area contributed by atoms with E-state index in [1.165, 1.54) is 28.7 Å². The fraction of sp³-hybridized carbons (Fsp3) is 0.467. The van der Waals surface area contributed by atoms with Crippen LogP contribution in [0.3, 0.4) is 0 Å². The first-order valence-corrected chi connectivity index (χ1v) is 5.71. The number of hydrogen-bond donors (Lipinski definition) is 0. The topological polar surface area (TPSA) is 0 Å². The van der Waals surface area contributed by atoms with Crippen molar-refractivity contribution in [2.75, 3.05) is 0 Å². The molecular formula is C15H24. The molecule has 15 heavy (non-hydrogen) atoms. The smallest absolute Gasteiger partial charge is 0.0212 e. The molecule has 0 radical (unpaired) electrons. The molecule has 0 amide bonds. The molecule has 0 aromatic carbocycles. The standard InChI is InChI=1S/C15H24/c1-7-10-13(6)15(12(4)5)14(9-3)11-8-2/h7,9-10H,1,8,11H2,2-6H3/b13-10-,14-9-. The molecule has 0 saturated carbocycles. The number of rotatable bonds is 5. The molecule has 0 aromatic rings. The largest absolute Gasteiger partial charge is 0.0991 e. The monoisotopic (exact) mass is 204 g/mol. The van der Waals surface area contributed by atoms with Gasteiger partial charge in [0, 0.05) is 0 Å². The van der Waals surface area contributed by atoms with Crippen molar-refractivity contribution in [3.63, 3.8) is 0 Å². The van der Waals surface area contributed by atoms with E-state index in [2.05, 4.69) is 53.3 Å². The van der Waals surface area contributed by atoms with Crippen LogP contribution < -0.4 is 0 Å². The summed E-state index contributed by atoms with van der Waals surface area (Å²) in [5.41, 5.74) is 5.55. The SMILES string of the molecule is C=C/C=C(/C)C(=C(C)C)/C(=C\C)CCC. The molecule has 0 spiro atoms. The quantitative estimate of drug-likeness (QED) is 0.540. The number of allylic oxidation sites excluding steroid dienone is 7. The third-order valence-electron chi connectivity index (χ3n) is 2.45. The maximum atomic E-state index is 3.76. The van der Waals surface area contributed by atoms with Gasteiger partial charge in [-0.15, -0.1) is 0 Å². The minimum Gasteiger partial charge on any atom is -0.0991 e. The summed E-state index contributed by atoms with van der Waals surface area (Å²) in [7, 11) is 0. The van der Waals surface area contributed by atoms with Crippen molar-refractivity contribution in [2.24, 2.45) is 0 Å². The molecule has 0 rings (SSSR count). The second kappa shape index (κ2) is 7.28. The fourth-order valence-corrected chi connectivity index (χ4v) is 1.91. The predicted molar refractivity (Wildman–Crippen MR) is 71.0 cm³/mol. The minimum atomic E-state index is 1.15. The van der Waals surface area contributed by atoms with Crippen molar-refractivity contribution in [2.45, 2.75) is 47.5 Å². The van der Waals surface area contributed by atoms with Gasteiger partial charge in [0.1, 0.15) is 0 Å². The molecular weight excluding hydrogens is 180 g/mol. The van der Waals surface area contributed by atoms with Gasteiger partial charge in [-0.05, 0) is 50.8 Å². The van der Waals surface area contributed by atoms with Crippen molar-refractivity contribution in [1.82, 2.24) is 0 Å². The molecule has 0 aliphatic heterocycles. The van der Waals surface area contributed by atoms with Gasteiger partial charge < -0.3 is 0 Å². The second-order valence-corrected chi connectivity index (χ2v) is 4.02. The van der Waals surface area contributed by atoms with Gasteiger partial charge in [0.15, 0.2) is 0 Å². The number of hydrogen-bond acceptors (Lipinski definition) is 0. The van der Waals surface area contributed by atoms with Crippen LogP contribution in [0.5, 0.6) is 0 Å². The maximum Gasteiger partial charge on any atom is -0.0212 e. The lowest BCUT2D eigenvalue weighted by molar-refractivity contribution is 0.906. The lowest BCUT2D eigenvalue weighted by atomic mass is 9.91. The highest BCUT2D eigenvalue weighted by atomic mass is 14.1. The Kier molecular flexibility index (Phi) is 6.77. The van der Waals surface area contributed by atoms with Crippen LogP contribution in [0.4, 0.5) is 0 Å². The summed E-state index contributed by atoms with van der Waals surface area (Å²) in [6.45, 7) is 14.6. The molecule has 0 heteroatoms. The zero-order valence-electron chi connectivity index (χ0n) is 10.9. The summed E-state index contributed by atoms with van der Waals surface area (Å²) < 4.78 is 0. The van der Waals surface area contributed by atoms with E-state index < -0.39 is 0 Å². The highest BCUT2D eigenvalue weighted by Crippen LogP contribution is 2.26. The van der Waals surface area contributed by atoms with Crippen LogP contribution in [-0.2, 0) is 0 Å². The zero-order valence-corrected chi connectivity index (χ0v) is 10.9. The molecule has 0 nitrogen and oxygen atoms in total. The average molecular weight is 204 g/mol. The molecule has 0 fully saturated rings. The van der Waals surface area contributed by atoms with Gasteiger partial charge >= 0.3 is 0 Å². The van der Waals surface area contributed by atoms with Crippen LogP contribution >= 0.6 is 0 Å². The molecule has 0 aromatic heterocycles. The molecule has 84 valence electrons. The Balaban J connectivity index is 5.26. The summed E-state index contributed by atoms with van der Waals surface area (Å²) in [6.07, 6.45) is 8.52. The van der Waals surface area contributed by atoms with E-state index in [-0.39, 0.29) is 0 Å². The van der Waals surface area contributed by atoms with E-state index in [9.17, 15) is 0 Å². The summed E-state index contributed by atoms with van der Waals surface area (Å²) in [5.74, 6) is 0. The van der Waals surface area contributed by atoms with Crippen LogP contribution in [0, 0.1) is 0 Å². The van der Waals surface area contributed by atoms with Crippen molar-refractivity contribution < 1.29 is 0 Å². The molecule has 0 unspecified atom stereocenters. The van der Waals surface area contributed by atoms with Gasteiger partial charge in [0.25, 0.3) is 0 Å². The Bertz CT molecular complexity index is 294. The first-order chi connectivity index (χ1) is 7.08. The molecule has 0 saturated heterocycles. The first kappa shape index (κ1) is 14.0. The van der Waals surface area contributed by atoms with Crippen LogP contribution in [0.1, 0.15) is 47.5 Å². The zero-order chi connectivity index (χ0) is 11.8. The first-order valence-electron chi connectivity index (χ1n) is 5.71. The van der Waals surface area contributed by atoms with E-state index in [4.69, 9.17) is 0 Å². The molecule has 0 N–H and O–H groups in total. The van der Waals surface area contributed by atoms with Crippen molar-refractivity contribution in [1.29, 1.82) is 0 Å². The highest BCUT2D eigenvalue weighted by molar-refractivity contribution is 5.48. The van der Waals surface area contributed by atoms with E-state index in [1.54, 1.807) is 0 Å². The van der Waals surface area contributed by atoms with Gasteiger partial charge in [-0.25, -0.2) is 0 Å². The Morgan fingerprint density at radius 2 is 1.80 bits per heavy atom. The molecule has 0 aliphatic rings. The summed E-state index contributed by atoms with van der Waals surface area (Å²) >= 11 is 0. The fourth-order valence-electron chi connectivity index (χ4n) is 1.91. The van der Waals surface area contributed by atoms with E-state index >= 15 is 0 Å². The van der Waals surface area contributed by atoms with E-state index in [0.717, 1.165) is 6.42 Å². The van der Waals surface area contributed by atoms with Crippen molar-refractivity contribution in [3.8, 4) is 0 Å². The van der Waals surface area contributed by atoms with Gasteiger partial charge in [0.05, 0.1) is 0 Å². The lowest BCUT2D eigenvalue weighted by Crippen LogP contribution is -1.95. The van der Waals surface area contributed by atoms with E-state index in [0.29, 0.717) is 0 Å². The highest BCUT2D eigenvalue weighted by Gasteiger charge is 2.07. The van der Waals surface area contributed by atoms with Gasteiger partial charge in [-0.1, -0.05) is 43.7 Å².